The minimum Gasteiger partial charge on any atom is -0.237 e. The Balaban J connectivity index is 2.59. The van der Waals surface area contributed by atoms with Gasteiger partial charge in [-0.2, -0.15) is 0 Å². The lowest BCUT2D eigenvalue weighted by Gasteiger charge is -2.11. The molecular formula is C14H16N2. The van der Waals surface area contributed by atoms with Crippen LogP contribution in [0.5, 0.6) is 0 Å². The Labute approximate surface area is 96.4 Å². The number of aryl methyl sites for hydroxylation is 1. The third-order valence-electron chi connectivity index (χ3n) is 2.99. The van der Waals surface area contributed by atoms with E-state index < -0.39 is 0 Å². The third-order valence-corrected chi connectivity index (χ3v) is 2.99. The average molecular weight is 212 g/mol. The van der Waals surface area contributed by atoms with E-state index in [9.17, 15) is 0 Å². The number of hydrogen-bond acceptors (Lipinski definition) is 2. The summed E-state index contributed by atoms with van der Waals surface area (Å²) in [6, 6.07) is 6.10. The molecule has 0 fully saturated rings. The van der Waals surface area contributed by atoms with E-state index in [4.69, 9.17) is 0 Å². The second-order valence-electron chi connectivity index (χ2n) is 3.96. The van der Waals surface area contributed by atoms with Crippen molar-refractivity contribution >= 4 is 0 Å². The Morgan fingerprint density at radius 3 is 2.38 bits per heavy atom. The molecule has 0 spiro atoms. The smallest absolute Gasteiger partial charge is 0.159 e. The molecule has 0 unspecified atom stereocenters. The van der Waals surface area contributed by atoms with Crippen molar-refractivity contribution in [2.45, 2.75) is 27.2 Å². The Morgan fingerprint density at radius 1 is 1.06 bits per heavy atom. The molecule has 0 bridgehead atoms. The lowest BCUT2D eigenvalue weighted by Crippen LogP contribution is -1.97. The number of rotatable bonds is 2. The van der Waals surface area contributed by atoms with E-state index in [1.165, 1.54) is 16.7 Å². The average Bonchev–Trinajstić information content (AvgIpc) is 2.31. The van der Waals surface area contributed by atoms with E-state index in [-0.39, 0.29) is 0 Å². The topological polar surface area (TPSA) is 25.8 Å². The van der Waals surface area contributed by atoms with Gasteiger partial charge in [0.05, 0.1) is 0 Å². The monoisotopic (exact) mass is 212 g/mol. The molecule has 2 aromatic rings. The summed E-state index contributed by atoms with van der Waals surface area (Å²) < 4.78 is 0. The fourth-order valence-corrected chi connectivity index (χ4v) is 2.12. The lowest BCUT2D eigenvalue weighted by atomic mass is 9.95. The summed E-state index contributed by atoms with van der Waals surface area (Å²) in [6.45, 7) is 6.49. The van der Waals surface area contributed by atoms with E-state index in [1.54, 1.807) is 12.4 Å². The molecule has 1 heterocycles. The molecule has 0 radical (unpaired) electrons. The van der Waals surface area contributed by atoms with Gasteiger partial charge in [0.25, 0.3) is 0 Å². The van der Waals surface area contributed by atoms with Crippen LogP contribution in [-0.2, 0) is 6.42 Å². The molecule has 0 amide bonds. The molecule has 0 aliphatic rings. The van der Waals surface area contributed by atoms with Crippen molar-refractivity contribution in [1.29, 1.82) is 0 Å². The molecule has 1 aromatic carbocycles. The third kappa shape index (κ3) is 1.83. The van der Waals surface area contributed by atoms with Gasteiger partial charge in [0.1, 0.15) is 0 Å². The number of benzene rings is 1. The maximum absolute atomic E-state index is 4.30. The first-order valence-electron chi connectivity index (χ1n) is 5.60. The molecule has 2 heteroatoms. The Kier molecular flexibility index (Phi) is 3.00. The molecule has 0 saturated carbocycles. The summed E-state index contributed by atoms with van der Waals surface area (Å²) in [5.41, 5.74) is 5.20. The quantitative estimate of drug-likeness (QED) is 0.763. The van der Waals surface area contributed by atoms with E-state index in [0.29, 0.717) is 0 Å². The Bertz CT molecular complexity index is 490. The van der Waals surface area contributed by atoms with Crippen molar-refractivity contribution in [1.82, 2.24) is 9.97 Å². The summed E-state index contributed by atoms with van der Waals surface area (Å²) >= 11 is 0. The molecule has 82 valence electrons. The summed E-state index contributed by atoms with van der Waals surface area (Å²) in [4.78, 5) is 8.61. The van der Waals surface area contributed by atoms with E-state index in [1.807, 2.05) is 6.07 Å². The largest absolute Gasteiger partial charge is 0.237 e. The maximum atomic E-state index is 4.30. The van der Waals surface area contributed by atoms with Crippen LogP contribution in [0, 0.1) is 13.8 Å². The number of aromatic nitrogens is 2. The van der Waals surface area contributed by atoms with Crippen molar-refractivity contribution in [3.05, 3.63) is 47.3 Å². The van der Waals surface area contributed by atoms with Gasteiger partial charge in [0, 0.05) is 18.0 Å². The molecule has 0 aliphatic heterocycles. The van der Waals surface area contributed by atoms with Crippen LogP contribution in [0.4, 0.5) is 0 Å². The molecule has 0 atom stereocenters. The molecule has 1 aromatic heterocycles. The fraction of sp³-hybridized carbons (Fsp3) is 0.286. The second-order valence-corrected chi connectivity index (χ2v) is 3.96. The van der Waals surface area contributed by atoms with Gasteiger partial charge in [0.15, 0.2) is 5.82 Å². The number of nitrogens with zero attached hydrogens (tertiary/aromatic N) is 2. The predicted molar refractivity (Wildman–Crippen MR) is 66.3 cm³/mol. The van der Waals surface area contributed by atoms with Crippen LogP contribution in [0.1, 0.15) is 23.6 Å². The van der Waals surface area contributed by atoms with Crippen LogP contribution < -0.4 is 0 Å². The van der Waals surface area contributed by atoms with E-state index >= 15 is 0 Å². The summed E-state index contributed by atoms with van der Waals surface area (Å²) in [7, 11) is 0. The van der Waals surface area contributed by atoms with Gasteiger partial charge in [-0.15, -0.1) is 0 Å². The Hall–Kier alpha value is -1.70. The van der Waals surface area contributed by atoms with E-state index in [2.05, 4.69) is 42.9 Å². The molecule has 0 N–H and O–H groups in total. The van der Waals surface area contributed by atoms with Crippen molar-refractivity contribution < 1.29 is 0 Å². The minimum atomic E-state index is 0.815. The van der Waals surface area contributed by atoms with Gasteiger partial charge in [-0.25, -0.2) is 9.97 Å². The highest BCUT2D eigenvalue weighted by Crippen LogP contribution is 2.25. The first-order valence-corrected chi connectivity index (χ1v) is 5.60. The van der Waals surface area contributed by atoms with Gasteiger partial charge in [0.2, 0.25) is 0 Å². The van der Waals surface area contributed by atoms with Crippen LogP contribution in [0.25, 0.3) is 11.4 Å². The van der Waals surface area contributed by atoms with E-state index in [0.717, 1.165) is 17.8 Å². The van der Waals surface area contributed by atoms with Crippen LogP contribution in [-0.4, -0.2) is 9.97 Å². The number of hydrogen-bond donors (Lipinski definition) is 0. The van der Waals surface area contributed by atoms with Gasteiger partial charge >= 0.3 is 0 Å². The Morgan fingerprint density at radius 2 is 1.75 bits per heavy atom. The molecule has 16 heavy (non-hydrogen) atoms. The van der Waals surface area contributed by atoms with Crippen LogP contribution >= 0.6 is 0 Å². The zero-order valence-electron chi connectivity index (χ0n) is 9.99. The highest BCUT2D eigenvalue weighted by atomic mass is 14.8. The van der Waals surface area contributed by atoms with Gasteiger partial charge in [-0.1, -0.05) is 19.1 Å². The summed E-state index contributed by atoms with van der Waals surface area (Å²) in [5, 5.41) is 0. The highest BCUT2D eigenvalue weighted by molar-refractivity contribution is 5.63. The zero-order chi connectivity index (χ0) is 11.5. The van der Waals surface area contributed by atoms with Crippen molar-refractivity contribution in [2.75, 3.05) is 0 Å². The van der Waals surface area contributed by atoms with Crippen LogP contribution in [0.15, 0.2) is 30.6 Å². The first-order chi connectivity index (χ1) is 7.74. The molecule has 0 saturated heterocycles. The predicted octanol–water partition coefficient (Wildman–Crippen LogP) is 3.32. The fourth-order valence-electron chi connectivity index (χ4n) is 2.12. The van der Waals surface area contributed by atoms with Crippen LogP contribution in [0.2, 0.25) is 0 Å². The van der Waals surface area contributed by atoms with Gasteiger partial charge < -0.3 is 0 Å². The zero-order valence-corrected chi connectivity index (χ0v) is 9.99. The first kappa shape index (κ1) is 10.8. The standard InChI is InChI=1S/C14H16N2/c1-4-12-10(2)6-7-13(11(12)3)14-15-8-5-9-16-14/h5-9H,4H2,1-3H3. The SMILES string of the molecule is CCc1c(C)ccc(-c2ncccn2)c1C. The lowest BCUT2D eigenvalue weighted by molar-refractivity contribution is 1.07. The molecule has 2 nitrogen and oxygen atoms in total. The van der Waals surface area contributed by atoms with Crippen LogP contribution in [0.3, 0.4) is 0 Å². The van der Waals surface area contributed by atoms with Gasteiger partial charge in [-0.3, -0.25) is 0 Å². The van der Waals surface area contributed by atoms with Crippen molar-refractivity contribution in [3.63, 3.8) is 0 Å². The molecule has 2 rings (SSSR count). The maximum Gasteiger partial charge on any atom is 0.159 e. The normalized spacial score (nSPS) is 10.4. The van der Waals surface area contributed by atoms with Gasteiger partial charge in [-0.05, 0) is 43.0 Å². The highest BCUT2D eigenvalue weighted by Gasteiger charge is 2.08. The van der Waals surface area contributed by atoms with Crippen molar-refractivity contribution in [3.8, 4) is 11.4 Å². The van der Waals surface area contributed by atoms with Crippen molar-refractivity contribution in [2.24, 2.45) is 0 Å². The minimum absolute atomic E-state index is 0.815. The summed E-state index contributed by atoms with van der Waals surface area (Å²) in [6.07, 6.45) is 4.62. The second kappa shape index (κ2) is 4.44. The molecular weight excluding hydrogens is 196 g/mol. The molecule has 0 aliphatic carbocycles. The summed E-state index contributed by atoms with van der Waals surface area (Å²) in [5.74, 6) is 0.815.